The van der Waals surface area contributed by atoms with Crippen LogP contribution in [-0.2, 0) is 6.42 Å². The van der Waals surface area contributed by atoms with Crippen LogP contribution in [0.15, 0.2) is 0 Å². The van der Waals surface area contributed by atoms with Gasteiger partial charge in [0.1, 0.15) is 0 Å². The van der Waals surface area contributed by atoms with E-state index in [9.17, 15) is 9.59 Å². The highest BCUT2D eigenvalue weighted by Gasteiger charge is 2.27. The molecule has 4 nitrogen and oxygen atoms in total. The molecular weight excluding hydrogens is 182 g/mol. The summed E-state index contributed by atoms with van der Waals surface area (Å²) in [4.78, 5) is 25.4. The lowest BCUT2D eigenvalue weighted by Crippen LogP contribution is -2.13. The minimum absolute atomic E-state index is 0.0481. The van der Waals surface area contributed by atoms with Crippen molar-refractivity contribution in [1.82, 2.24) is 4.98 Å². The van der Waals surface area contributed by atoms with Gasteiger partial charge in [-0.3, -0.25) is 4.79 Å². The molecule has 0 unspecified atom stereocenters. The van der Waals surface area contributed by atoms with Crippen molar-refractivity contribution in [3.63, 3.8) is 0 Å². The molecule has 4 heteroatoms. The second-order valence-electron chi connectivity index (χ2n) is 3.56. The zero-order valence-corrected chi connectivity index (χ0v) is 7.89. The first kappa shape index (κ1) is 8.99. The maximum atomic E-state index is 11.5. The second-order valence-corrected chi connectivity index (χ2v) is 3.56. The maximum absolute atomic E-state index is 11.5. The molecule has 74 valence electrons. The number of carboxylic acids is 1. The lowest BCUT2D eigenvalue weighted by molar-refractivity contribution is 0.0691. The third-order valence-corrected chi connectivity index (χ3v) is 2.59. The van der Waals surface area contributed by atoms with Crippen LogP contribution in [0.25, 0.3) is 0 Å². The van der Waals surface area contributed by atoms with Crippen molar-refractivity contribution in [1.29, 1.82) is 0 Å². The molecule has 1 aromatic heterocycles. The van der Waals surface area contributed by atoms with Crippen molar-refractivity contribution in [3.8, 4) is 0 Å². The number of carboxylic acid groups (broad SMARTS) is 1. The summed E-state index contributed by atoms with van der Waals surface area (Å²) < 4.78 is 0. The number of aromatic amines is 1. The van der Waals surface area contributed by atoms with E-state index in [1.807, 2.05) is 0 Å². The number of carbonyl (C=O) groups is 2. The third kappa shape index (κ3) is 1.14. The van der Waals surface area contributed by atoms with Gasteiger partial charge in [0.25, 0.3) is 0 Å². The first-order valence-corrected chi connectivity index (χ1v) is 4.59. The van der Waals surface area contributed by atoms with Gasteiger partial charge in [-0.05, 0) is 19.8 Å². The summed E-state index contributed by atoms with van der Waals surface area (Å²) >= 11 is 0. The molecule has 1 aliphatic carbocycles. The summed E-state index contributed by atoms with van der Waals surface area (Å²) in [5, 5.41) is 8.96. The van der Waals surface area contributed by atoms with Crippen LogP contribution in [0.5, 0.6) is 0 Å². The molecule has 0 aliphatic heterocycles. The van der Waals surface area contributed by atoms with E-state index >= 15 is 0 Å². The van der Waals surface area contributed by atoms with Gasteiger partial charge in [0.05, 0.1) is 11.1 Å². The van der Waals surface area contributed by atoms with Gasteiger partial charge in [0.15, 0.2) is 5.78 Å². The first-order valence-electron chi connectivity index (χ1n) is 4.59. The topological polar surface area (TPSA) is 70.2 Å². The average molecular weight is 193 g/mol. The van der Waals surface area contributed by atoms with Crippen LogP contribution in [0.1, 0.15) is 44.9 Å². The monoisotopic (exact) mass is 193 g/mol. The third-order valence-electron chi connectivity index (χ3n) is 2.59. The highest BCUT2D eigenvalue weighted by molar-refractivity contribution is 6.08. The molecule has 0 saturated carbocycles. The zero-order chi connectivity index (χ0) is 10.3. The van der Waals surface area contributed by atoms with E-state index in [1.54, 1.807) is 6.92 Å². The Morgan fingerprint density at radius 3 is 2.79 bits per heavy atom. The van der Waals surface area contributed by atoms with Gasteiger partial charge in [-0.1, -0.05) is 0 Å². The fourth-order valence-electron chi connectivity index (χ4n) is 2.00. The van der Waals surface area contributed by atoms with Gasteiger partial charge in [-0.15, -0.1) is 0 Å². The summed E-state index contributed by atoms with van der Waals surface area (Å²) in [5.74, 6) is -1.07. The Morgan fingerprint density at radius 2 is 2.14 bits per heavy atom. The normalized spacial score (nSPS) is 15.4. The smallest absolute Gasteiger partial charge is 0.338 e. The van der Waals surface area contributed by atoms with E-state index in [0.29, 0.717) is 17.7 Å². The number of aromatic nitrogens is 1. The molecule has 2 N–H and O–H groups in total. The fourth-order valence-corrected chi connectivity index (χ4v) is 2.00. The second kappa shape index (κ2) is 2.97. The summed E-state index contributed by atoms with van der Waals surface area (Å²) in [5.41, 5.74) is 1.93. The summed E-state index contributed by atoms with van der Waals surface area (Å²) in [6.45, 7) is 1.69. The molecule has 0 spiro atoms. The molecule has 0 atom stereocenters. The number of ketones is 1. The molecule has 0 radical (unpaired) electrons. The van der Waals surface area contributed by atoms with Crippen molar-refractivity contribution in [3.05, 3.63) is 22.5 Å². The van der Waals surface area contributed by atoms with Crippen molar-refractivity contribution in [2.75, 3.05) is 0 Å². The van der Waals surface area contributed by atoms with E-state index in [-0.39, 0.29) is 11.3 Å². The molecule has 0 saturated heterocycles. The van der Waals surface area contributed by atoms with E-state index in [2.05, 4.69) is 4.98 Å². The van der Waals surface area contributed by atoms with Crippen LogP contribution < -0.4 is 0 Å². The standard InChI is InChI=1S/C10H11NO3/c1-5-8(10(13)14)9-6(11-5)3-2-4-7(9)12/h11H,2-4H2,1H3,(H,13,14). The highest BCUT2D eigenvalue weighted by Crippen LogP contribution is 2.26. The Bertz CT molecular complexity index is 417. The Labute approximate surface area is 80.9 Å². The summed E-state index contributed by atoms with van der Waals surface area (Å²) in [6, 6.07) is 0. The van der Waals surface area contributed by atoms with Crippen LogP contribution in [0.2, 0.25) is 0 Å². The summed E-state index contributed by atoms with van der Waals surface area (Å²) in [6.07, 6.45) is 2.05. The summed E-state index contributed by atoms with van der Waals surface area (Å²) in [7, 11) is 0. The molecule has 1 aromatic rings. The minimum atomic E-state index is -1.02. The molecule has 2 rings (SSSR count). The molecule has 0 bridgehead atoms. The maximum Gasteiger partial charge on any atom is 0.338 e. The van der Waals surface area contributed by atoms with Gasteiger partial charge in [-0.2, -0.15) is 0 Å². The minimum Gasteiger partial charge on any atom is -0.478 e. The quantitative estimate of drug-likeness (QED) is 0.710. The number of hydrogen-bond acceptors (Lipinski definition) is 2. The molecule has 1 heterocycles. The van der Waals surface area contributed by atoms with Crippen LogP contribution in [-0.4, -0.2) is 21.8 Å². The lowest BCUT2D eigenvalue weighted by Gasteiger charge is -2.09. The predicted octanol–water partition coefficient (Wildman–Crippen LogP) is 1.54. The molecule has 0 fully saturated rings. The van der Waals surface area contributed by atoms with E-state index in [0.717, 1.165) is 18.5 Å². The SMILES string of the molecule is Cc1[nH]c2c(c1C(=O)O)C(=O)CCC2. The number of aromatic carboxylic acids is 1. The number of rotatable bonds is 1. The highest BCUT2D eigenvalue weighted by atomic mass is 16.4. The van der Waals surface area contributed by atoms with E-state index in [4.69, 9.17) is 5.11 Å². The Balaban J connectivity index is 2.65. The molecule has 0 amide bonds. The van der Waals surface area contributed by atoms with Crippen molar-refractivity contribution in [2.24, 2.45) is 0 Å². The van der Waals surface area contributed by atoms with Crippen LogP contribution >= 0.6 is 0 Å². The number of nitrogens with one attached hydrogen (secondary N) is 1. The fraction of sp³-hybridized carbons (Fsp3) is 0.400. The number of H-pyrrole nitrogens is 1. The number of carbonyl (C=O) groups excluding carboxylic acids is 1. The lowest BCUT2D eigenvalue weighted by atomic mass is 9.93. The molecule has 1 aliphatic rings. The number of Topliss-reactive ketones (excluding diaryl/α,β-unsaturated/α-hetero) is 1. The molecule has 0 aromatic carbocycles. The number of hydrogen-bond donors (Lipinski definition) is 2. The largest absolute Gasteiger partial charge is 0.478 e. The van der Waals surface area contributed by atoms with Gasteiger partial charge >= 0.3 is 5.97 Å². The molecule has 14 heavy (non-hydrogen) atoms. The van der Waals surface area contributed by atoms with Crippen molar-refractivity contribution < 1.29 is 14.7 Å². The van der Waals surface area contributed by atoms with Gasteiger partial charge < -0.3 is 10.1 Å². The predicted molar refractivity (Wildman–Crippen MR) is 49.8 cm³/mol. The van der Waals surface area contributed by atoms with E-state index in [1.165, 1.54) is 0 Å². The van der Waals surface area contributed by atoms with Crippen LogP contribution in [0.3, 0.4) is 0 Å². The van der Waals surface area contributed by atoms with Crippen LogP contribution in [0, 0.1) is 6.92 Å². The van der Waals surface area contributed by atoms with Gasteiger partial charge in [0, 0.05) is 17.8 Å². The van der Waals surface area contributed by atoms with Crippen LogP contribution in [0.4, 0.5) is 0 Å². The van der Waals surface area contributed by atoms with Gasteiger partial charge in [-0.25, -0.2) is 4.79 Å². The number of fused-ring (bicyclic) bond motifs is 1. The Kier molecular flexibility index (Phi) is 1.91. The van der Waals surface area contributed by atoms with E-state index < -0.39 is 5.97 Å². The first-order chi connectivity index (χ1) is 6.61. The van der Waals surface area contributed by atoms with Crippen molar-refractivity contribution in [2.45, 2.75) is 26.2 Å². The molecular formula is C10H11NO3. The number of aryl methyl sites for hydroxylation is 2. The zero-order valence-electron chi connectivity index (χ0n) is 7.89. The Hall–Kier alpha value is -1.58. The Morgan fingerprint density at radius 1 is 1.43 bits per heavy atom. The van der Waals surface area contributed by atoms with Gasteiger partial charge in [0.2, 0.25) is 0 Å². The average Bonchev–Trinajstić information content (AvgIpc) is 2.42. The van der Waals surface area contributed by atoms with Crippen molar-refractivity contribution >= 4 is 11.8 Å².